The van der Waals surface area contributed by atoms with E-state index in [1.54, 1.807) is 33.0 Å². The average Bonchev–Trinajstić information content (AvgIpc) is 3.05. The highest BCUT2D eigenvalue weighted by atomic mass is 79.9. The number of anilines is 1. The largest absolute Gasteiger partial charge is 0.485 e. The van der Waals surface area contributed by atoms with Gasteiger partial charge in [0.1, 0.15) is 11.2 Å². The molecule has 3 rings (SSSR count). The highest BCUT2D eigenvalue weighted by Crippen LogP contribution is 2.35. The minimum absolute atomic E-state index is 0. The molecule has 0 radical (unpaired) electrons. The Balaban J connectivity index is 0.00000385. The van der Waals surface area contributed by atoms with Crippen LogP contribution in [0.5, 0.6) is 5.75 Å². The van der Waals surface area contributed by atoms with Crippen LogP contribution < -0.4 is 15.0 Å². The van der Waals surface area contributed by atoms with Crippen LogP contribution in [0.2, 0.25) is 10.0 Å². The molecule has 2 aromatic heterocycles. The van der Waals surface area contributed by atoms with Crippen molar-refractivity contribution in [1.29, 1.82) is 0 Å². The van der Waals surface area contributed by atoms with E-state index in [2.05, 4.69) is 26.2 Å². The van der Waals surface area contributed by atoms with E-state index in [1.165, 1.54) is 4.90 Å². The van der Waals surface area contributed by atoms with Crippen molar-refractivity contribution < 1.29 is 14.3 Å². The molecule has 11 heteroatoms. The molecule has 2 amide bonds. The quantitative estimate of drug-likeness (QED) is 0.405. The zero-order chi connectivity index (χ0) is 23.6. The molecular formula is C22H24BrCl3N4O3. The number of pyridine rings is 1. The summed E-state index contributed by atoms with van der Waals surface area (Å²) < 4.78 is 8.73. The Morgan fingerprint density at radius 2 is 1.97 bits per heavy atom. The Morgan fingerprint density at radius 3 is 2.64 bits per heavy atom. The molecule has 0 saturated heterocycles. The number of amides is 2. The van der Waals surface area contributed by atoms with Crippen LogP contribution in [-0.2, 0) is 16.2 Å². The molecule has 1 aromatic carbocycles. The molecule has 0 spiro atoms. The Labute approximate surface area is 216 Å². The SMILES string of the molecule is Cc1nc2c(OCc3c(Cl)ccc(N(C)C(=O)CNC(=O)C(C)C)c3Cl)cccn2c1Br.Cl. The van der Waals surface area contributed by atoms with Gasteiger partial charge in [0.05, 0.1) is 22.9 Å². The van der Waals surface area contributed by atoms with E-state index >= 15 is 0 Å². The number of aryl methyl sites for hydroxylation is 1. The van der Waals surface area contributed by atoms with Gasteiger partial charge in [-0.15, -0.1) is 12.4 Å². The molecule has 3 aromatic rings. The summed E-state index contributed by atoms with van der Waals surface area (Å²) in [5, 5.41) is 3.33. The van der Waals surface area contributed by atoms with Crippen molar-refractivity contribution in [2.24, 2.45) is 5.92 Å². The number of fused-ring (bicyclic) bond motifs is 1. The number of carbonyl (C=O) groups is 2. The summed E-state index contributed by atoms with van der Waals surface area (Å²) in [4.78, 5) is 30.2. The van der Waals surface area contributed by atoms with E-state index in [1.807, 2.05) is 29.7 Å². The van der Waals surface area contributed by atoms with Gasteiger partial charge in [-0.3, -0.25) is 14.0 Å². The Bertz CT molecular complexity index is 1180. The molecule has 0 aliphatic heterocycles. The standard InChI is InChI=1S/C22H23BrCl2N4O3.ClH/c1-12(2)22(31)26-10-18(30)28(4)16-8-7-15(24)14(19(16)25)11-32-17-6-5-9-29-20(23)13(3)27-21(17)29;/h5-9,12H,10-11H2,1-4H3,(H,26,31);1H. The number of imidazole rings is 1. The molecular weight excluding hydrogens is 555 g/mol. The summed E-state index contributed by atoms with van der Waals surface area (Å²) >= 11 is 16.5. The summed E-state index contributed by atoms with van der Waals surface area (Å²) in [6, 6.07) is 6.99. The zero-order valence-electron chi connectivity index (χ0n) is 18.5. The van der Waals surface area contributed by atoms with Crippen molar-refractivity contribution in [3.8, 4) is 5.75 Å². The van der Waals surface area contributed by atoms with Crippen LogP contribution in [-0.4, -0.2) is 34.8 Å². The van der Waals surface area contributed by atoms with E-state index in [0.717, 1.165) is 10.3 Å². The van der Waals surface area contributed by atoms with E-state index in [4.69, 9.17) is 27.9 Å². The van der Waals surface area contributed by atoms with Gasteiger partial charge in [0.15, 0.2) is 11.4 Å². The minimum atomic E-state index is -0.308. The molecule has 2 heterocycles. The number of rotatable bonds is 7. The van der Waals surface area contributed by atoms with Crippen LogP contribution in [0.15, 0.2) is 35.1 Å². The number of ether oxygens (including phenoxy) is 1. The van der Waals surface area contributed by atoms with Crippen molar-refractivity contribution >= 4 is 74.7 Å². The van der Waals surface area contributed by atoms with E-state index < -0.39 is 0 Å². The fourth-order valence-corrected chi connectivity index (χ4v) is 3.97. The first-order valence-electron chi connectivity index (χ1n) is 9.89. The average molecular weight is 579 g/mol. The summed E-state index contributed by atoms with van der Waals surface area (Å²) in [6.07, 6.45) is 1.88. The van der Waals surface area contributed by atoms with Crippen LogP contribution in [0.4, 0.5) is 5.69 Å². The number of hydrogen-bond acceptors (Lipinski definition) is 4. The summed E-state index contributed by atoms with van der Waals surface area (Å²) in [5.74, 6) is -0.143. The third-order valence-corrected chi connectivity index (χ3v) is 6.66. The predicted molar refractivity (Wildman–Crippen MR) is 137 cm³/mol. The molecule has 0 bridgehead atoms. The molecule has 0 fully saturated rings. The van der Waals surface area contributed by atoms with Gasteiger partial charge < -0.3 is 15.0 Å². The second-order valence-electron chi connectivity index (χ2n) is 7.53. The second-order valence-corrected chi connectivity index (χ2v) is 9.06. The smallest absolute Gasteiger partial charge is 0.246 e. The zero-order valence-corrected chi connectivity index (χ0v) is 22.4. The van der Waals surface area contributed by atoms with Crippen molar-refractivity contribution in [2.75, 3.05) is 18.5 Å². The highest BCUT2D eigenvalue weighted by molar-refractivity contribution is 9.10. The third kappa shape index (κ3) is 5.93. The first kappa shape index (κ1) is 27.2. The highest BCUT2D eigenvalue weighted by Gasteiger charge is 2.20. The van der Waals surface area contributed by atoms with Crippen molar-refractivity contribution in [3.63, 3.8) is 0 Å². The van der Waals surface area contributed by atoms with E-state index in [9.17, 15) is 9.59 Å². The summed E-state index contributed by atoms with van der Waals surface area (Å²) in [5.41, 5.74) is 2.51. The number of halogens is 4. The maximum absolute atomic E-state index is 12.6. The van der Waals surface area contributed by atoms with Crippen molar-refractivity contribution in [3.05, 3.63) is 56.4 Å². The number of carbonyl (C=O) groups excluding carboxylic acids is 2. The summed E-state index contributed by atoms with van der Waals surface area (Å²) in [6.45, 7) is 5.37. The molecule has 0 unspecified atom stereocenters. The maximum atomic E-state index is 12.6. The van der Waals surface area contributed by atoms with Crippen LogP contribution in [0.25, 0.3) is 5.65 Å². The van der Waals surface area contributed by atoms with Gasteiger partial charge in [0, 0.05) is 29.7 Å². The summed E-state index contributed by atoms with van der Waals surface area (Å²) in [7, 11) is 1.59. The lowest BCUT2D eigenvalue weighted by molar-refractivity contribution is -0.126. The number of likely N-dealkylation sites (N-methyl/N-ethyl adjacent to an activating group) is 1. The fourth-order valence-electron chi connectivity index (χ4n) is 2.99. The van der Waals surface area contributed by atoms with E-state index in [0.29, 0.717) is 32.7 Å². The Hall–Kier alpha value is -2.00. The van der Waals surface area contributed by atoms with Gasteiger partial charge in [0.2, 0.25) is 11.8 Å². The number of hydrogen-bond donors (Lipinski definition) is 1. The topological polar surface area (TPSA) is 75.9 Å². The van der Waals surface area contributed by atoms with Gasteiger partial charge in [0.25, 0.3) is 0 Å². The molecule has 0 aliphatic rings. The number of benzene rings is 1. The first-order chi connectivity index (χ1) is 15.1. The lowest BCUT2D eigenvalue weighted by Crippen LogP contribution is -2.39. The normalized spacial score (nSPS) is 10.8. The molecule has 0 aliphatic carbocycles. The molecule has 0 saturated carbocycles. The maximum Gasteiger partial charge on any atom is 0.246 e. The Kier molecular flexibility index (Phi) is 9.43. The van der Waals surface area contributed by atoms with Crippen molar-refractivity contribution in [1.82, 2.24) is 14.7 Å². The van der Waals surface area contributed by atoms with Gasteiger partial charge >= 0.3 is 0 Å². The van der Waals surface area contributed by atoms with E-state index in [-0.39, 0.29) is 43.3 Å². The third-order valence-electron chi connectivity index (χ3n) is 4.93. The van der Waals surface area contributed by atoms with Crippen LogP contribution in [0.3, 0.4) is 0 Å². The molecule has 33 heavy (non-hydrogen) atoms. The molecule has 0 atom stereocenters. The fraction of sp³-hybridized carbons (Fsp3) is 0.318. The number of nitrogens with zero attached hydrogens (tertiary/aromatic N) is 3. The first-order valence-corrected chi connectivity index (χ1v) is 11.4. The lowest BCUT2D eigenvalue weighted by atomic mass is 10.2. The number of aromatic nitrogens is 2. The Morgan fingerprint density at radius 1 is 1.27 bits per heavy atom. The molecule has 1 N–H and O–H groups in total. The van der Waals surface area contributed by atoms with Gasteiger partial charge in [-0.2, -0.15) is 0 Å². The number of nitrogens with one attached hydrogen (secondary N) is 1. The predicted octanol–water partition coefficient (Wildman–Crippen LogP) is 5.45. The minimum Gasteiger partial charge on any atom is -0.485 e. The van der Waals surface area contributed by atoms with Gasteiger partial charge in [-0.05, 0) is 47.1 Å². The van der Waals surface area contributed by atoms with Crippen LogP contribution in [0, 0.1) is 12.8 Å². The van der Waals surface area contributed by atoms with Crippen LogP contribution in [0.1, 0.15) is 25.1 Å². The van der Waals surface area contributed by atoms with Gasteiger partial charge in [-0.25, -0.2) is 4.98 Å². The van der Waals surface area contributed by atoms with Crippen LogP contribution >= 0.6 is 51.5 Å². The second kappa shape index (κ2) is 11.4. The molecule has 7 nitrogen and oxygen atoms in total. The monoisotopic (exact) mass is 576 g/mol. The lowest BCUT2D eigenvalue weighted by Gasteiger charge is -2.21. The molecule has 178 valence electrons. The van der Waals surface area contributed by atoms with Gasteiger partial charge in [-0.1, -0.05) is 37.0 Å². The van der Waals surface area contributed by atoms with Crippen molar-refractivity contribution in [2.45, 2.75) is 27.4 Å².